The minimum Gasteiger partial charge on any atom is -0.474 e. The van der Waals surface area contributed by atoms with E-state index in [1.54, 1.807) is 0 Å². The summed E-state index contributed by atoms with van der Waals surface area (Å²) in [5, 5.41) is 0. The molecule has 0 atom stereocenters. The Hall–Kier alpha value is -1.10. The minimum absolute atomic E-state index is 0.266. The molecular formula is C20H32BrN3O. The zero-order chi connectivity index (χ0) is 18.6. The Morgan fingerprint density at radius 3 is 2.52 bits per heavy atom. The highest BCUT2D eigenvalue weighted by Crippen LogP contribution is 2.39. The van der Waals surface area contributed by atoms with Crippen LogP contribution < -0.4 is 4.74 Å². The quantitative estimate of drug-likeness (QED) is 0.458. The van der Waals surface area contributed by atoms with Crippen LogP contribution in [0.1, 0.15) is 59.1 Å². The van der Waals surface area contributed by atoms with E-state index in [4.69, 9.17) is 4.74 Å². The van der Waals surface area contributed by atoms with Crippen molar-refractivity contribution in [1.82, 2.24) is 9.88 Å². The molecule has 0 amide bonds. The number of halogens is 1. The van der Waals surface area contributed by atoms with Gasteiger partial charge in [-0.15, -0.1) is 0 Å². The molecule has 0 spiro atoms. The second-order valence-corrected chi connectivity index (χ2v) is 9.01. The van der Waals surface area contributed by atoms with Crippen molar-refractivity contribution in [3.63, 3.8) is 0 Å². The summed E-state index contributed by atoms with van der Waals surface area (Å²) in [4.78, 5) is 11.2. The highest BCUT2D eigenvalue weighted by atomic mass is 79.9. The number of hydrogen-bond donors (Lipinski definition) is 0. The number of nitrogens with zero attached hydrogens (tertiary/aromatic N) is 3. The number of ether oxygens (including phenoxy) is 1. The first-order valence-electron chi connectivity index (χ1n) is 9.29. The minimum atomic E-state index is 0.266. The topological polar surface area (TPSA) is 37.7 Å². The molecule has 0 aliphatic heterocycles. The van der Waals surface area contributed by atoms with Gasteiger partial charge in [0.2, 0.25) is 5.88 Å². The van der Waals surface area contributed by atoms with Crippen LogP contribution >= 0.6 is 15.9 Å². The van der Waals surface area contributed by atoms with Crippen molar-refractivity contribution in [2.75, 3.05) is 13.6 Å². The molecule has 1 saturated carbocycles. The van der Waals surface area contributed by atoms with E-state index in [1.807, 2.05) is 31.3 Å². The third kappa shape index (κ3) is 5.70. The number of aryl methyl sites for hydroxylation is 1. The zero-order valence-electron chi connectivity index (χ0n) is 16.5. The molecule has 2 rings (SSSR count). The summed E-state index contributed by atoms with van der Waals surface area (Å²) in [7, 11) is 2.01. The molecule has 1 aliphatic carbocycles. The smallest absolute Gasteiger partial charge is 0.228 e. The fraction of sp³-hybridized carbons (Fsp3) is 0.700. The van der Waals surface area contributed by atoms with Crippen molar-refractivity contribution in [2.24, 2.45) is 16.3 Å². The maximum absolute atomic E-state index is 6.21. The van der Waals surface area contributed by atoms with Crippen LogP contribution in [0.25, 0.3) is 0 Å². The van der Waals surface area contributed by atoms with Gasteiger partial charge in [0.25, 0.3) is 0 Å². The van der Waals surface area contributed by atoms with E-state index in [0.717, 1.165) is 41.2 Å². The third-order valence-electron chi connectivity index (χ3n) is 5.18. The van der Waals surface area contributed by atoms with E-state index >= 15 is 0 Å². The Morgan fingerprint density at radius 2 is 1.96 bits per heavy atom. The summed E-state index contributed by atoms with van der Waals surface area (Å²) in [6, 6.07) is 2.00. The van der Waals surface area contributed by atoms with Crippen molar-refractivity contribution in [3.05, 3.63) is 16.2 Å². The summed E-state index contributed by atoms with van der Waals surface area (Å²) in [5.41, 5.74) is 2.16. The molecule has 0 aromatic carbocycles. The second-order valence-electron chi connectivity index (χ2n) is 8.16. The fourth-order valence-electron chi connectivity index (χ4n) is 3.21. The molecule has 1 heterocycles. The number of aromatic nitrogens is 1. The van der Waals surface area contributed by atoms with Crippen LogP contribution in [0.3, 0.4) is 0 Å². The molecule has 1 fully saturated rings. The van der Waals surface area contributed by atoms with Crippen LogP contribution in [0.4, 0.5) is 5.69 Å². The Bertz CT molecular complexity index is 602. The monoisotopic (exact) mass is 409 g/mol. The Labute approximate surface area is 161 Å². The van der Waals surface area contributed by atoms with Crippen LogP contribution in [0.15, 0.2) is 15.5 Å². The lowest BCUT2D eigenvalue weighted by atomic mass is 9.72. The molecule has 0 bridgehead atoms. The van der Waals surface area contributed by atoms with Crippen LogP contribution in [0, 0.1) is 18.3 Å². The van der Waals surface area contributed by atoms with E-state index in [1.165, 1.54) is 12.8 Å². The fourth-order valence-corrected chi connectivity index (χ4v) is 3.61. The average molecular weight is 410 g/mol. The highest BCUT2D eigenvalue weighted by molar-refractivity contribution is 9.10. The molecule has 1 aliphatic rings. The Morgan fingerprint density at radius 1 is 1.32 bits per heavy atom. The van der Waals surface area contributed by atoms with Crippen LogP contribution in [-0.2, 0) is 0 Å². The SMILES string of the molecule is CCN(C)C=Nc1cc(Br)c(OC2CCC(C(C)(C)C)CC2)nc1C. The van der Waals surface area contributed by atoms with E-state index in [0.29, 0.717) is 11.3 Å². The van der Waals surface area contributed by atoms with Gasteiger partial charge < -0.3 is 9.64 Å². The molecule has 1 aromatic rings. The summed E-state index contributed by atoms with van der Waals surface area (Å²) in [5.74, 6) is 1.48. The lowest BCUT2D eigenvalue weighted by Gasteiger charge is -2.36. The van der Waals surface area contributed by atoms with Crippen LogP contribution in [-0.4, -0.2) is 35.9 Å². The molecular weight excluding hydrogens is 378 g/mol. The van der Waals surface area contributed by atoms with Gasteiger partial charge >= 0.3 is 0 Å². The van der Waals surface area contributed by atoms with E-state index in [9.17, 15) is 0 Å². The van der Waals surface area contributed by atoms with Crippen molar-refractivity contribution < 1.29 is 4.74 Å². The standard InChI is InChI=1S/C20H32BrN3O/c1-7-24(6)13-22-18-12-17(21)19(23-14(18)2)25-16-10-8-15(9-11-16)20(3,4)5/h12-13,15-16H,7-11H2,1-6H3. The number of hydrogen-bond acceptors (Lipinski definition) is 3. The second kappa shape index (κ2) is 8.52. The third-order valence-corrected chi connectivity index (χ3v) is 5.75. The first-order valence-corrected chi connectivity index (χ1v) is 10.1. The molecule has 1 aromatic heterocycles. The summed E-state index contributed by atoms with van der Waals surface area (Å²) in [6.07, 6.45) is 6.78. The summed E-state index contributed by atoms with van der Waals surface area (Å²) < 4.78 is 7.09. The van der Waals surface area contributed by atoms with E-state index < -0.39 is 0 Å². The van der Waals surface area contributed by atoms with Crippen molar-refractivity contribution in [2.45, 2.75) is 66.4 Å². The van der Waals surface area contributed by atoms with Gasteiger partial charge in [0, 0.05) is 13.6 Å². The predicted octanol–water partition coefficient (Wildman–Crippen LogP) is 5.75. The summed E-state index contributed by atoms with van der Waals surface area (Å²) >= 11 is 3.60. The normalized spacial score (nSPS) is 21.6. The van der Waals surface area contributed by atoms with Gasteiger partial charge in [-0.2, -0.15) is 0 Å². The molecule has 0 N–H and O–H groups in total. The van der Waals surface area contributed by atoms with Gasteiger partial charge in [-0.1, -0.05) is 20.8 Å². The Kier molecular flexibility index (Phi) is 6.89. The van der Waals surface area contributed by atoms with Gasteiger partial charge in [-0.3, -0.25) is 0 Å². The predicted molar refractivity (Wildman–Crippen MR) is 109 cm³/mol. The lowest BCUT2D eigenvalue weighted by molar-refractivity contribution is 0.0845. The number of aliphatic imine (C=N–C) groups is 1. The van der Waals surface area contributed by atoms with Crippen LogP contribution in [0.2, 0.25) is 0 Å². The number of pyridine rings is 1. The maximum Gasteiger partial charge on any atom is 0.228 e. The average Bonchev–Trinajstić information content (AvgIpc) is 2.56. The van der Waals surface area contributed by atoms with Crippen LogP contribution in [0.5, 0.6) is 5.88 Å². The number of rotatable bonds is 5. The maximum atomic E-state index is 6.21. The lowest BCUT2D eigenvalue weighted by Crippen LogP contribution is -2.30. The van der Waals surface area contributed by atoms with Gasteiger partial charge in [-0.25, -0.2) is 9.98 Å². The van der Waals surface area contributed by atoms with Gasteiger partial charge in [0.15, 0.2) is 0 Å². The zero-order valence-corrected chi connectivity index (χ0v) is 18.1. The molecule has 0 unspecified atom stereocenters. The van der Waals surface area contributed by atoms with E-state index in [-0.39, 0.29) is 6.10 Å². The van der Waals surface area contributed by atoms with Crippen molar-refractivity contribution in [1.29, 1.82) is 0 Å². The molecule has 0 radical (unpaired) electrons. The molecule has 5 heteroatoms. The van der Waals surface area contributed by atoms with E-state index in [2.05, 4.69) is 53.6 Å². The largest absolute Gasteiger partial charge is 0.474 e. The molecule has 4 nitrogen and oxygen atoms in total. The van der Waals surface area contributed by atoms with Gasteiger partial charge in [-0.05, 0) is 72.9 Å². The highest BCUT2D eigenvalue weighted by Gasteiger charge is 2.30. The molecule has 25 heavy (non-hydrogen) atoms. The van der Waals surface area contributed by atoms with Crippen molar-refractivity contribution >= 4 is 28.0 Å². The first kappa shape index (κ1) is 20.2. The Balaban J connectivity index is 2.02. The van der Waals surface area contributed by atoms with Gasteiger partial charge in [0.05, 0.1) is 22.2 Å². The summed E-state index contributed by atoms with van der Waals surface area (Å²) in [6.45, 7) is 12.0. The van der Waals surface area contributed by atoms with Crippen molar-refractivity contribution in [3.8, 4) is 5.88 Å². The first-order chi connectivity index (χ1) is 11.7. The molecule has 0 saturated heterocycles. The van der Waals surface area contributed by atoms with Gasteiger partial charge in [0.1, 0.15) is 6.10 Å². The molecule has 140 valence electrons.